The summed E-state index contributed by atoms with van der Waals surface area (Å²) in [5.41, 5.74) is 0. The molecule has 14 heteroatoms. The van der Waals surface area contributed by atoms with Gasteiger partial charge in [0.2, 0.25) is 5.91 Å². The number of amides is 1. The molecule has 0 aromatic heterocycles. The fourth-order valence-corrected chi connectivity index (χ4v) is 11.3. The summed E-state index contributed by atoms with van der Waals surface area (Å²) >= 11 is 0. The summed E-state index contributed by atoms with van der Waals surface area (Å²) in [5.74, 6) is -0.255. The summed E-state index contributed by atoms with van der Waals surface area (Å²) < 4.78 is 22.8. The van der Waals surface area contributed by atoms with Gasteiger partial charge < -0.3 is 65.1 Å². The second-order valence-corrected chi connectivity index (χ2v) is 24.3. The number of hydrogen-bond donors (Lipinski definition) is 9. The standard InChI is InChI=1S/C68H127NO13/c1-3-5-7-9-11-13-15-17-19-21-22-23-24-25-26-27-28-29-30-31-32-33-34-35-36-37-39-41-43-45-47-49-51-57(72)56(69-60(73)52-50-48-46-44-42-40-38-20-18-16-14-12-10-8-6-4-2)55-79-67-65(78)63(76)66(59(54-71)81-67)82-68-64(77)62(75)61(74)58(53-70)80-68/h20,38,41,43,49,51,56-59,61-68,70-72,74-78H,3-19,21-37,39-40,42,44-48,50,52-55H2,1-2H3,(H,69,73)/b38-20-,43-41+,51-49+. The third-order valence-corrected chi connectivity index (χ3v) is 16.8. The Labute approximate surface area is 500 Å². The maximum atomic E-state index is 13.3. The lowest BCUT2D eigenvalue weighted by molar-refractivity contribution is -0.359. The van der Waals surface area contributed by atoms with E-state index in [0.717, 1.165) is 51.4 Å². The van der Waals surface area contributed by atoms with Crippen LogP contribution in [0.3, 0.4) is 0 Å². The number of unbranched alkanes of at least 4 members (excludes halogenated alkanes) is 39. The molecule has 2 heterocycles. The first-order valence-electron chi connectivity index (χ1n) is 34.2. The molecule has 0 saturated carbocycles. The molecule has 2 aliphatic heterocycles. The molecule has 2 rings (SSSR count). The van der Waals surface area contributed by atoms with Crippen molar-refractivity contribution < 1.29 is 64.6 Å². The summed E-state index contributed by atoms with van der Waals surface area (Å²) in [6.07, 6.45) is 50.8. The molecule has 14 nitrogen and oxygen atoms in total. The Morgan fingerprint density at radius 2 is 0.780 bits per heavy atom. The van der Waals surface area contributed by atoms with E-state index in [0.29, 0.717) is 12.8 Å². The molecule has 0 bridgehead atoms. The van der Waals surface area contributed by atoms with Gasteiger partial charge in [-0.15, -0.1) is 0 Å². The highest BCUT2D eigenvalue weighted by Crippen LogP contribution is 2.30. The van der Waals surface area contributed by atoms with E-state index < -0.39 is 86.8 Å². The Hall–Kier alpha value is -1.79. The van der Waals surface area contributed by atoms with Crippen LogP contribution in [0.2, 0.25) is 0 Å². The third kappa shape index (κ3) is 37.7. The predicted octanol–water partition coefficient (Wildman–Crippen LogP) is 13.3. The molecule has 2 saturated heterocycles. The number of nitrogens with one attached hydrogen (secondary N) is 1. The van der Waals surface area contributed by atoms with Gasteiger partial charge in [-0.05, 0) is 57.8 Å². The Balaban J connectivity index is 1.67. The van der Waals surface area contributed by atoms with Crippen LogP contribution in [0.1, 0.15) is 296 Å². The Kier molecular flexibility index (Phi) is 49.7. The van der Waals surface area contributed by atoms with Crippen molar-refractivity contribution >= 4 is 5.91 Å². The first-order chi connectivity index (χ1) is 40.1. The largest absolute Gasteiger partial charge is 0.394 e. The normalized spacial score (nSPS) is 24.1. The minimum absolute atomic E-state index is 0.255. The number of ether oxygens (including phenoxy) is 4. The molecule has 1 amide bonds. The molecule has 2 aliphatic rings. The number of aliphatic hydroxyl groups is 8. The van der Waals surface area contributed by atoms with Crippen molar-refractivity contribution in [1.29, 1.82) is 0 Å². The third-order valence-electron chi connectivity index (χ3n) is 16.8. The van der Waals surface area contributed by atoms with Gasteiger partial charge in [0.05, 0.1) is 32.0 Å². The Bertz CT molecular complexity index is 1510. The first-order valence-corrected chi connectivity index (χ1v) is 34.2. The van der Waals surface area contributed by atoms with Gasteiger partial charge in [0.25, 0.3) is 0 Å². The summed E-state index contributed by atoms with van der Waals surface area (Å²) in [4.78, 5) is 13.3. The molecule has 12 atom stereocenters. The maximum Gasteiger partial charge on any atom is 0.220 e. The lowest BCUT2D eigenvalue weighted by atomic mass is 9.97. The SMILES string of the molecule is CCCCCCCCC/C=C\CCCCCCCC(=O)NC(COC1OC(CO)C(OC2OC(CO)C(O)C(O)C2O)C(O)C1O)C(O)/C=C/CC/C=C/CCCCCCCCCCCCCCCCCCCCCCCCCCCC. The summed E-state index contributed by atoms with van der Waals surface area (Å²) in [6.45, 7) is 2.80. The van der Waals surface area contributed by atoms with Crippen molar-refractivity contribution in [2.75, 3.05) is 19.8 Å². The molecule has 82 heavy (non-hydrogen) atoms. The molecule has 2 fully saturated rings. The van der Waals surface area contributed by atoms with Gasteiger partial charge in [-0.25, -0.2) is 0 Å². The van der Waals surface area contributed by atoms with Gasteiger partial charge in [-0.2, -0.15) is 0 Å². The number of allylic oxidation sites excluding steroid dienone is 5. The average molecular weight is 1170 g/mol. The fourth-order valence-electron chi connectivity index (χ4n) is 11.3. The highest BCUT2D eigenvalue weighted by molar-refractivity contribution is 5.76. The zero-order valence-corrected chi connectivity index (χ0v) is 52.2. The lowest BCUT2D eigenvalue weighted by Crippen LogP contribution is -2.65. The fraction of sp³-hybridized carbons (Fsp3) is 0.897. The monoisotopic (exact) mass is 1170 g/mol. The lowest BCUT2D eigenvalue weighted by Gasteiger charge is -2.46. The average Bonchev–Trinajstić information content (AvgIpc) is 3.53. The van der Waals surface area contributed by atoms with Gasteiger partial charge in [0.15, 0.2) is 12.6 Å². The van der Waals surface area contributed by atoms with E-state index in [1.807, 2.05) is 6.08 Å². The molecular formula is C68H127NO13. The molecule has 0 aromatic rings. The van der Waals surface area contributed by atoms with Gasteiger partial charge in [0, 0.05) is 6.42 Å². The van der Waals surface area contributed by atoms with Crippen molar-refractivity contribution in [2.24, 2.45) is 0 Å². The molecular weight excluding hydrogens is 1040 g/mol. The minimum Gasteiger partial charge on any atom is -0.394 e. The van der Waals surface area contributed by atoms with Crippen LogP contribution in [0.4, 0.5) is 0 Å². The van der Waals surface area contributed by atoms with Crippen LogP contribution in [-0.2, 0) is 23.7 Å². The van der Waals surface area contributed by atoms with E-state index in [4.69, 9.17) is 18.9 Å². The van der Waals surface area contributed by atoms with E-state index in [-0.39, 0.29) is 18.9 Å². The second kappa shape index (κ2) is 53.4. The van der Waals surface area contributed by atoms with Gasteiger partial charge >= 0.3 is 0 Å². The van der Waals surface area contributed by atoms with Crippen molar-refractivity contribution in [3.63, 3.8) is 0 Å². The van der Waals surface area contributed by atoms with E-state index in [9.17, 15) is 45.6 Å². The highest BCUT2D eigenvalue weighted by Gasteiger charge is 2.51. The van der Waals surface area contributed by atoms with Crippen LogP contribution in [0.5, 0.6) is 0 Å². The summed E-state index contributed by atoms with van der Waals surface area (Å²) in [6, 6.07) is -0.936. The molecule has 0 spiro atoms. The van der Waals surface area contributed by atoms with Crippen molar-refractivity contribution in [1.82, 2.24) is 5.32 Å². The molecule has 0 radical (unpaired) electrons. The van der Waals surface area contributed by atoms with Crippen LogP contribution in [0, 0.1) is 0 Å². The van der Waals surface area contributed by atoms with Crippen molar-refractivity contribution in [3.8, 4) is 0 Å². The number of carbonyl (C=O) groups is 1. The van der Waals surface area contributed by atoms with Gasteiger partial charge in [0.1, 0.15) is 48.8 Å². The second-order valence-electron chi connectivity index (χ2n) is 24.3. The van der Waals surface area contributed by atoms with Crippen LogP contribution in [0.15, 0.2) is 36.5 Å². The van der Waals surface area contributed by atoms with Gasteiger partial charge in [-0.3, -0.25) is 4.79 Å². The van der Waals surface area contributed by atoms with Crippen LogP contribution < -0.4 is 5.32 Å². The number of rotatable bonds is 56. The highest BCUT2D eigenvalue weighted by atomic mass is 16.7. The van der Waals surface area contributed by atoms with Crippen molar-refractivity contribution in [3.05, 3.63) is 36.5 Å². The van der Waals surface area contributed by atoms with Gasteiger partial charge in [-0.1, -0.05) is 269 Å². The predicted molar refractivity (Wildman–Crippen MR) is 332 cm³/mol. The molecule has 9 N–H and O–H groups in total. The minimum atomic E-state index is -1.79. The number of aliphatic hydroxyl groups excluding tert-OH is 8. The smallest absolute Gasteiger partial charge is 0.220 e. The quantitative estimate of drug-likeness (QED) is 0.0204. The van der Waals surface area contributed by atoms with E-state index >= 15 is 0 Å². The number of carbonyl (C=O) groups excluding carboxylic acids is 1. The first kappa shape index (κ1) is 76.3. The Morgan fingerprint density at radius 1 is 0.427 bits per heavy atom. The summed E-state index contributed by atoms with van der Waals surface area (Å²) in [7, 11) is 0. The molecule has 0 aliphatic carbocycles. The van der Waals surface area contributed by atoms with Crippen molar-refractivity contribution in [2.45, 2.75) is 370 Å². The zero-order valence-electron chi connectivity index (χ0n) is 52.2. The van der Waals surface area contributed by atoms with Crippen LogP contribution in [-0.4, -0.2) is 140 Å². The molecule has 482 valence electrons. The van der Waals surface area contributed by atoms with E-state index in [1.54, 1.807) is 6.08 Å². The van der Waals surface area contributed by atoms with E-state index in [1.165, 1.54) is 212 Å². The van der Waals surface area contributed by atoms with E-state index in [2.05, 4.69) is 43.5 Å². The van der Waals surface area contributed by atoms with Crippen LogP contribution in [0.25, 0.3) is 0 Å². The van der Waals surface area contributed by atoms with Crippen LogP contribution >= 0.6 is 0 Å². The Morgan fingerprint density at radius 3 is 1.20 bits per heavy atom. The maximum absolute atomic E-state index is 13.3. The molecule has 0 aromatic carbocycles. The zero-order chi connectivity index (χ0) is 59.5. The molecule has 12 unspecified atom stereocenters. The number of hydrogen-bond acceptors (Lipinski definition) is 13. The topological polar surface area (TPSA) is 228 Å². The summed E-state index contributed by atoms with van der Waals surface area (Å²) in [5, 5.41) is 87.2.